The molecule has 18 aromatic carbocycles. The molecule has 146 heavy (non-hydrogen) atoms. The summed E-state index contributed by atoms with van der Waals surface area (Å²) >= 11 is 3.47. The number of carbonyl (C=O) groups excluding carboxylic acids is 1. The van der Waals surface area contributed by atoms with Gasteiger partial charge in [0.25, 0.3) is 0 Å². The molecule has 2 aliphatic heterocycles. The zero-order valence-corrected chi connectivity index (χ0v) is 88.6. The second-order valence-corrected chi connectivity index (χ2v) is 46.0. The molecular weight excluding hydrogens is 2040 g/mol. The van der Waals surface area contributed by atoms with Gasteiger partial charge in [-0.15, -0.1) is 0 Å². The van der Waals surface area contributed by atoms with Gasteiger partial charge in [0.2, 0.25) is 0 Å². The number of ether oxygens (including phenoxy) is 3. The monoisotopic (exact) mass is 2150 g/mol. The third kappa shape index (κ3) is 30.7. The van der Waals surface area contributed by atoms with Crippen LogP contribution in [0.2, 0.25) is 0 Å². The van der Waals surface area contributed by atoms with E-state index < -0.39 is 50.6 Å². The van der Waals surface area contributed by atoms with E-state index in [-0.39, 0.29) is 68.1 Å². The number of methoxy groups -OCH3 is 1. The van der Waals surface area contributed by atoms with Gasteiger partial charge in [-0.25, -0.2) is 8.78 Å². The number of rotatable bonds is 24. The van der Waals surface area contributed by atoms with Crippen molar-refractivity contribution in [1.82, 2.24) is 0 Å². The van der Waals surface area contributed by atoms with Crippen LogP contribution in [0.25, 0.3) is 11.1 Å². The first-order valence-electron chi connectivity index (χ1n) is 49.5. The van der Waals surface area contributed by atoms with Gasteiger partial charge in [0.1, 0.15) is 35.3 Å². The molecule has 0 aromatic heterocycles. The third-order valence-corrected chi connectivity index (χ3v) is 36.2. The first-order valence-corrected chi connectivity index (χ1v) is 55.6. The number of esters is 1. The van der Waals surface area contributed by atoms with Crippen molar-refractivity contribution in [2.24, 2.45) is 11.8 Å². The van der Waals surface area contributed by atoms with Gasteiger partial charge in [-0.2, -0.15) is 0 Å². The average Bonchev–Trinajstić information content (AvgIpc) is 0.829. The predicted molar refractivity (Wildman–Crippen MR) is 608 cm³/mol. The molecule has 0 spiro atoms. The van der Waals surface area contributed by atoms with Gasteiger partial charge in [0, 0.05) is 35.9 Å². The summed E-state index contributed by atoms with van der Waals surface area (Å²) in [6, 6.07) is 168. The number of hydrogen-bond acceptors (Lipinski definition) is 7. The summed E-state index contributed by atoms with van der Waals surface area (Å²) in [6.07, 6.45) is 9.05. The summed E-state index contributed by atoms with van der Waals surface area (Å²) in [5, 5.41) is 43.3. The summed E-state index contributed by atoms with van der Waals surface area (Å²) in [4.78, 5) is 23.2. The molecule has 2 unspecified atom stereocenters. The van der Waals surface area contributed by atoms with Crippen LogP contribution in [0.1, 0.15) is 120 Å². The van der Waals surface area contributed by atoms with Gasteiger partial charge in [-0.05, 0) is 266 Å². The first-order chi connectivity index (χ1) is 71.0. The number of aryl methyl sites for hydroxylation is 4. The molecule has 18 aromatic rings. The second-order valence-electron chi connectivity index (χ2n) is 36.2. The molecule has 8 nitrogen and oxygen atoms in total. The zero-order chi connectivity index (χ0) is 100. The average molecular weight is 2160 g/mol. The van der Waals surface area contributed by atoms with Crippen LogP contribution in [0.3, 0.4) is 0 Å². The fraction of sp³-hybridized carbons (Fsp3) is 0.147. The molecule has 3 N–H and O–H groups in total. The van der Waals surface area contributed by atoms with Crippen molar-refractivity contribution < 1.29 is 68.2 Å². The molecule has 0 amide bonds. The number of carbonyl (C=O) groups is 2. The molecule has 4 aliphatic rings. The maximum Gasteiger partial charge on any atom is 0.491 e. The fourth-order valence-electron chi connectivity index (χ4n) is 18.3. The number of carboxylic acids is 1. The van der Waals surface area contributed by atoms with Crippen molar-refractivity contribution in [3.63, 3.8) is 0 Å². The second kappa shape index (κ2) is 55.1. The fourth-order valence-corrected chi connectivity index (χ4v) is 27.7. The van der Waals surface area contributed by atoms with Crippen molar-refractivity contribution in [3.8, 4) is 22.6 Å². The normalized spacial score (nSPS) is 13.9. The van der Waals surface area contributed by atoms with Gasteiger partial charge >= 0.3 is 19.1 Å². The molecule has 2 fully saturated rings. The summed E-state index contributed by atoms with van der Waals surface area (Å²) in [6.45, 7) is 3.73. The van der Waals surface area contributed by atoms with Crippen LogP contribution in [0.5, 0.6) is 11.5 Å². The van der Waals surface area contributed by atoms with E-state index in [0.29, 0.717) is 23.8 Å². The van der Waals surface area contributed by atoms with Gasteiger partial charge in [-0.1, -0.05) is 470 Å². The van der Waals surface area contributed by atoms with Crippen molar-refractivity contribution in [3.05, 3.63) is 546 Å². The summed E-state index contributed by atoms with van der Waals surface area (Å²) in [7, 11) is -2.06. The smallest absolute Gasteiger partial charge is 0.485 e. The van der Waals surface area contributed by atoms with E-state index in [1.165, 1.54) is 106 Å². The molecule has 736 valence electrons. The Morgan fingerprint density at radius 3 is 0.870 bits per heavy atom. The number of carboxylic acid groups (broad SMARTS) is 1. The van der Waals surface area contributed by atoms with Crippen molar-refractivity contribution in [1.29, 1.82) is 0 Å². The Morgan fingerprint density at radius 1 is 0.342 bits per heavy atom. The van der Waals surface area contributed by atoms with E-state index in [9.17, 15) is 23.5 Å². The molecule has 4 atom stereocenters. The quantitative estimate of drug-likeness (QED) is 0.0311. The minimum atomic E-state index is -1.73. The van der Waals surface area contributed by atoms with Crippen LogP contribution in [-0.4, -0.2) is 41.3 Å². The van der Waals surface area contributed by atoms with E-state index in [1.807, 2.05) is 49.4 Å². The van der Waals surface area contributed by atoms with Gasteiger partial charge < -0.3 is 29.4 Å². The van der Waals surface area contributed by atoms with E-state index in [2.05, 4.69) is 428 Å². The Morgan fingerprint density at radius 2 is 0.610 bits per heavy atom. The minimum absolute atomic E-state index is 0. The van der Waals surface area contributed by atoms with E-state index >= 15 is 0 Å². The molecule has 2 saturated carbocycles. The first kappa shape index (κ1) is 107. The minimum Gasteiger partial charge on any atom is -0.485 e. The predicted octanol–water partition coefficient (Wildman–Crippen LogP) is 26.0. The van der Waals surface area contributed by atoms with Crippen molar-refractivity contribution in [2.75, 3.05) is 7.11 Å². The van der Waals surface area contributed by atoms with Crippen LogP contribution in [0, 0.1) is 37.3 Å². The van der Waals surface area contributed by atoms with Crippen LogP contribution in [0.4, 0.5) is 8.78 Å². The molecule has 17 heteroatoms. The summed E-state index contributed by atoms with van der Waals surface area (Å²) < 4.78 is 45.7. The zero-order valence-electron chi connectivity index (χ0n) is 81.9. The number of benzene rings is 18. The van der Waals surface area contributed by atoms with E-state index in [1.54, 1.807) is 19.1 Å². The molecule has 0 bridgehead atoms. The van der Waals surface area contributed by atoms with E-state index in [0.717, 1.165) is 101 Å². The molecule has 2 aliphatic carbocycles. The third-order valence-electron chi connectivity index (χ3n) is 25.9. The molecule has 22 rings (SSSR count). The Hall–Kier alpha value is -12.8. The summed E-state index contributed by atoms with van der Waals surface area (Å²) in [5.74, 6) is 1.52. The van der Waals surface area contributed by atoms with Gasteiger partial charge in [-0.3, -0.25) is 9.59 Å². The molecule has 0 saturated heterocycles. The van der Waals surface area contributed by atoms with E-state index in [4.69, 9.17) is 24.3 Å². The largest absolute Gasteiger partial charge is 0.491 e. The molecular formula is C129H118BBrF2O8P4Pd. The van der Waals surface area contributed by atoms with Crippen LogP contribution < -0.4 is 78.6 Å². The van der Waals surface area contributed by atoms with Crippen molar-refractivity contribution >= 4 is 136 Å². The number of hydrogen-bond donors (Lipinski definition) is 3. The SMILES string of the molecule is COC(=O)C[C@H](c1ccc2c(c1)OC(c1ccc(-c3cc(C)ccc3F)cc1)CC2)C1CC1.Cc1ccc(F)c(B(O)O)c1.O=C(O)C[C@H](c1ccc2c(c1)OC(c1ccc(Br)cc1)CC2)C1CC1.[Pd].c1ccc(P(c2ccccc2)c2ccccc2)cc1.c1ccc(P(c2ccccc2)c2ccccc2)cc1.c1ccc(P(c2ccccc2)c2ccccc2)cc1.c1ccc(P(c2ccccc2)c2ccccc2)cc1. The maximum atomic E-state index is 14.3. The van der Waals surface area contributed by atoms with Gasteiger partial charge in [0.05, 0.1) is 20.0 Å². The Kier molecular flexibility index (Phi) is 40.6. The number of aliphatic carboxylic acids is 1. The van der Waals surface area contributed by atoms with Crippen LogP contribution in [-0.2, 0) is 47.6 Å². The van der Waals surface area contributed by atoms with Crippen molar-refractivity contribution in [2.45, 2.75) is 102 Å². The standard InChI is InChI=1S/C29H29FO3.C21H21BrO3.4C18H15P.C7H8BFO2.Pd/c1-18-3-13-26(30)25(15-18)20-6-8-21(9-7-20)27-14-12-22-10-11-23(16-28(22)33-27)24(19-4-5-19)17-29(31)32-2;22-17-8-5-14(6-9-17)19-10-7-15-3-4-16(11-20(15)25-19)18(12-21(23)24)13-1-2-13;4*1-4-10-16(11-5-1)19(17-12-6-2-7-13-17)18-14-8-3-9-15-18;1-5-2-3-7(9)6(4-5)8(10)11;/h3,6-11,13,15-16,19,24,27H,4-5,12,14,17H2,1-2H3;3-6,8-9,11,13,18-19H,1-2,7,10,12H2,(H,23,24);4*1-15H;2-4,10-11H,1H3;/t24-,27?;18-,19?;;;;;;/m00....../s1. The number of halogens is 3. The topological polar surface area (TPSA) is 123 Å². The Balaban J connectivity index is 0.000000130. The molecule has 2 heterocycles. The Labute approximate surface area is 886 Å². The van der Waals surface area contributed by atoms with Gasteiger partial charge in [0.15, 0.2) is 0 Å². The number of fused-ring (bicyclic) bond motifs is 2. The molecule has 0 radical (unpaired) electrons. The van der Waals surface area contributed by atoms with Crippen LogP contribution >= 0.6 is 47.6 Å². The maximum absolute atomic E-state index is 14.3. The Bertz CT molecular complexity index is 6190. The summed E-state index contributed by atoms with van der Waals surface area (Å²) in [5.41, 5.74) is 10.2. The van der Waals surface area contributed by atoms with Crippen LogP contribution in [0.15, 0.2) is 490 Å².